The monoisotopic (exact) mass is 618 g/mol. The largest absolute Gasteiger partial charge is 0.471 e. The highest BCUT2D eigenvalue weighted by atomic mass is 127. The third kappa shape index (κ3) is 4.50. The third-order valence-corrected chi connectivity index (χ3v) is 6.06. The predicted molar refractivity (Wildman–Crippen MR) is 115 cm³/mol. The summed E-state index contributed by atoms with van der Waals surface area (Å²) in [5.41, 5.74) is 0.103. The molecule has 0 spiro atoms. The summed E-state index contributed by atoms with van der Waals surface area (Å²) in [6, 6.07) is 5.40. The number of aromatic nitrogens is 5. The standard InChI is InChI=1S/C19H11F8IN6O/c1-32(16(35)18(22,23)24)10-2-3-11-12(5-10)31-34(15(11)28)14-4-9-6-30-33(13(9)7-29-14)8-17(20,21)19(25,26)27/h2-7H,8H2,1H3. The van der Waals surface area contributed by atoms with E-state index in [1.807, 2.05) is 22.6 Å². The molecule has 0 unspecified atom stereocenters. The number of hydrogen-bond acceptors (Lipinski definition) is 4. The van der Waals surface area contributed by atoms with Gasteiger partial charge in [-0.05, 0) is 46.9 Å². The molecule has 0 bridgehead atoms. The Labute approximate surface area is 203 Å². The van der Waals surface area contributed by atoms with Crippen LogP contribution < -0.4 is 4.90 Å². The van der Waals surface area contributed by atoms with Gasteiger partial charge in [0, 0.05) is 23.5 Å². The molecule has 4 rings (SSSR count). The maximum atomic E-state index is 13.4. The zero-order valence-corrected chi connectivity index (χ0v) is 19.3. The van der Waals surface area contributed by atoms with Crippen molar-refractivity contribution in [3.05, 3.63) is 40.4 Å². The molecule has 3 heterocycles. The Balaban J connectivity index is 1.70. The van der Waals surface area contributed by atoms with E-state index in [4.69, 9.17) is 0 Å². The van der Waals surface area contributed by atoms with Gasteiger partial charge < -0.3 is 4.90 Å². The summed E-state index contributed by atoms with van der Waals surface area (Å²) < 4.78 is 105. The Morgan fingerprint density at radius 2 is 1.74 bits per heavy atom. The van der Waals surface area contributed by atoms with Gasteiger partial charge in [0.1, 0.15) is 10.2 Å². The lowest BCUT2D eigenvalue weighted by Gasteiger charge is -2.19. The molecule has 0 saturated carbocycles. The first-order chi connectivity index (χ1) is 16.1. The van der Waals surface area contributed by atoms with Crippen LogP contribution in [0.3, 0.4) is 0 Å². The van der Waals surface area contributed by atoms with E-state index < -0.39 is 30.7 Å². The van der Waals surface area contributed by atoms with Gasteiger partial charge in [-0.3, -0.25) is 9.48 Å². The number of amides is 1. The Hall–Kier alpha value is -3.05. The van der Waals surface area contributed by atoms with Gasteiger partial charge in [0.05, 0.1) is 23.4 Å². The highest BCUT2D eigenvalue weighted by Crippen LogP contribution is 2.37. The fraction of sp³-hybridized carbons (Fsp3) is 0.263. The molecular weight excluding hydrogens is 607 g/mol. The van der Waals surface area contributed by atoms with Crippen LogP contribution in [0.15, 0.2) is 36.7 Å². The van der Waals surface area contributed by atoms with Crippen molar-refractivity contribution in [1.82, 2.24) is 24.5 Å². The van der Waals surface area contributed by atoms with Gasteiger partial charge >= 0.3 is 24.2 Å². The molecule has 0 saturated heterocycles. The number of pyridine rings is 1. The van der Waals surface area contributed by atoms with Crippen molar-refractivity contribution in [2.75, 3.05) is 11.9 Å². The van der Waals surface area contributed by atoms with Crippen LogP contribution in [0.1, 0.15) is 0 Å². The molecule has 16 heteroatoms. The Kier molecular flexibility index (Phi) is 5.92. The predicted octanol–water partition coefficient (Wildman–Crippen LogP) is 5.10. The molecular formula is C19H11F8IN6O. The minimum Gasteiger partial charge on any atom is -0.308 e. The van der Waals surface area contributed by atoms with Gasteiger partial charge in [-0.15, -0.1) is 0 Å². The normalized spacial score (nSPS) is 13.1. The molecule has 0 aliphatic rings. The van der Waals surface area contributed by atoms with Gasteiger partial charge in [-0.2, -0.15) is 45.3 Å². The lowest BCUT2D eigenvalue weighted by Crippen LogP contribution is -2.40. The molecule has 186 valence electrons. The second-order valence-corrected chi connectivity index (χ2v) is 8.39. The van der Waals surface area contributed by atoms with Crippen molar-refractivity contribution < 1.29 is 39.9 Å². The minimum absolute atomic E-state index is 0.0591. The van der Waals surface area contributed by atoms with Crippen molar-refractivity contribution in [2.45, 2.75) is 24.8 Å². The number of nitrogens with zero attached hydrogens (tertiary/aromatic N) is 6. The van der Waals surface area contributed by atoms with Gasteiger partial charge in [0.15, 0.2) is 5.82 Å². The summed E-state index contributed by atoms with van der Waals surface area (Å²) in [6.45, 7) is -1.73. The minimum atomic E-state index is -5.75. The van der Waals surface area contributed by atoms with Crippen molar-refractivity contribution in [2.24, 2.45) is 0 Å². The zero-order valence-electron chi connectivity index (χ0n) is 17.2. The number of fused-ring (bicyclic) bond motifs is 2. The molecule has 1 amide bonds. The Bertz CT molecular complexity index is 1440. The van der Waals surface area contributed by atoms with Crippen LogP contribution >= 0.6 is 22.6 Å². The third-order valence-electron chi connectivity index (χ3n) is 5.03. The van der Waals surface area contributed by atoms with Gasteiger partial charge in [-0.1, -0.05) is 0 Å². The fourth-order valence-corrected chi connectivity index (χ4v) is 4.01. The molecule has 1 aromatic carbocycles. The lowest BCUT2D eigenvalue weighted by molar-refractivity contribution is -0.287. The van der Waals surface area contributed by atoms with Gasteiger partial charge in [-0.25, -0.2) is 9.67 Å². The average molecular weight is 618 g/mol. The van der Waals surface area contributed by atoms with E-state index in [2.05, 4.69) is 15.2 Å². The summed E-state index contributed by atoms with van der Waals surface area (Å²) in [5, 5.41) is 8.61. The molecule has 3 aromatic heterocycles. The highest BCUT2D eigenvalue weighted by Gasteiger charge is 2.57. The highest BCUT2D eigenvalue weighted by molar-refractivity contribution is 14.1. The second kappa shape index (κ2) is 8.27. The number of alkyl halides is 8. The summed E-state index contributed by atoms with van der Waals surface area (Å²) in [5.74, 6) is -6.91. The summed E-state index contributed by atoms with van der Waals surface area (Å²) >= 11 is 1.90. The number of carbonyl (C=O) groups is 1. The molecule has 0 radical (unpaired) electrons. The van der Waals surface area contributed by atoms with E-state index in [9.17, 15) is 39.9 Å². The number of hydrogen-bond donors (Lipinski definition) is 0. The van der Waals surface area contributed by atoms with E-state index in [1.54, 1.807) is 0 Å². The molecule has 0 aliphatic heterocycles. The molecule has 7 nitrogen and oxygen atoms in total. The van der Waals surface area contributed by atoms with Crippen molar-refractivity contribution in [3.8, 4) is 5.82 Å². The van der Waals surface area contributed by atoms with Crippen LogP contribution in [-0.2, 0) is 11.3 Å². The number of halogens is 9. The fourth-order valence-electron chi connectivity index (χ4n) is 3.20. The molecule has 0 aliphatic carbocycles. The zero-order chi connectivity index (χ0) is 25.9. The lowest BCUT2D eigenvalue weighted by atomic mass is 10.2. The smallest absolute Gasteiger partial charge is 0.308 e. The number of anilines is 1. The van der Waals surface area contributed by atoms with E-state index in [1.165, 1.54) is 28.9 Å². The van der Waals surface area contributed by atoms with Gasteiger partial charge in [0.25, 0.3) is 0 Å². The first kappa shape index (κ1) is 25.1. The van der Waals surface area contributed by atoms with Crippen LogP contribution in [0.4, 0.5) is 40.8 Å². The van der Waals surface area contributed by atoms with Crippen molar-refractivity contribution in [1.29, 1.82) is 0 Å². The Morgan fingerprint density at radius 3 is 2.37 bits per heavy atom. The van der Waals surface area contributed by atoms with Crippen LogP contribution in [0.5, 0.6) is 0 Å². The molecule has 35 heavy (non-hydrogen) atoms. The summed E-state index contributed by atoms with van der Waals surface area (Å²) in [7, 11) is 0.967. The van der Waals surface area contributed by atoms with Crippen molar-refractivity contribution in [3.63, 3.8) is 0 Å². The quantitative estimate of drug-likeness (QED) is 0.236. The second-order valence-electron chi connectivity index (χ2n) is 7.37. The topological polar surface area (TPSA) is 68.8 Å². The maximum absolute atomic E-state index is 13.4. The molecule has 4 aromatic rings. The molecule has 0 atom stereocenters. The SMILES string of the molecule is CN(C(=O)C(F)(F)F)c1ccc2c(I)n(-c3cc4cnn(CC(F)(F)C(F)(F)F)c4cn3)nc2c1. The van der Waals surface area contributed by atoms with Crippen LogP contribution in [-0.4, -0.2) is 55.8 Å². The number of rotatable bonds is 4. The first-order valence-electron chi connectivity index (χ1n) is 9.40. The van der Waals surface area contributed by atoms with Crippen LogP contribution in [0.25, 0.3) is 27.6 Å². The van der Waals surface area contributed by atoms with E-state index in [-0.39, 0.29) is 27.9 Å². The first-order valence-corrected chi connectivity index (χ1v) is 10.5. The Morgan fingerprint density at radius 1 is 1.06 bits per heavy atom. The van der Waals surface area contributed by atoms with Crippen LogP contribution in [0.2, 0.25) is 0 Å². The van der Waals surface area contributed by atoms with Crippen LogP contribution in [0, 0.1) is 3.70 Å². The van der Waals surface area contributed by atoms with E-state index in [0.29, 0.717) is 18.7 Å². The summed E-state index contributed by atoms with van der Waals surface area (Å²) in [6.07, 6.45) is -8.65. The van der Waals surface area contributed by atoms with E-state index >= 15 is 0 Å². The number of carbonyl (C=O) groups excluding carboxylic acids is 1. The molecule has 0 N–H and O–H groups in total. The van der Waals surface area contributed by atoms with E-state index in [0.717, 1.165) is 19.4 Å². The maximum Gasteiger partial charge on any atom is 0.471 e. The number of benzene rings is 1. The van der Waals surface area contributed by atoms with Crippen molar-refractivity contribution >= 4 is 56.0 Å². The molecule has 0 fully saturated rings. The van der Waals surface area contributed by atoms with Gasteiger partial charge in [0.2, 0.25) is 0 Å². The average Bonchev–Trinajstić information content (AvgIpc) is 3.31. The summed E-state index contributed by atoms with van der Waals surface area (Å²) in [4.78, 5) is 16.0.